The van der Waals surface area contributed by atoms with Gasteiger partial charge in [-0.3, -0.25) is 13.9 Å². The van der Waals surface area contributed by atoms with Gasteiger partial charge in [-0.25, -0.2) is 8.42 Å². The molecule has 9 nitrogen and oxygen atoms in total. The zero-order valence-corrected chi connectivity index (χ0v) is 26.0. The van der Waals surface area contributed by atoms with Crippen molar-refractivity contribution < 1.29 is 27.5 Å². The number of carbonyl (C=O) groups excluding carboxylic acids is 2. The van der Waals surface area contributed by atoms with Gasteiger partial charge >= 0.3 is 0 Å². The van der Waals surface area contributed by atoms with Gasteiger partial charge < -0.3 is 19.7 Å². The number of carbonyl (C=O) groups is 2. The Hall–Kier alpha value is -4.05. The largest absolute Gasteiger partial charge is 0.497 e. The van der Waals surface area contributed by atoms with Crippen molar-refractivity contribution in [3.63, 3.8) is 0 Å². The Morgan fingerprint density at radius 1 is 0.905 bits per heavy atom. The maximum absolute atomic E-state index is 14.3. The zero-order chi connectivity index (χ0) is 30.9. The lowest BCUT2D eigenvalue weighted by atomic mass is 10.0. The maximum Gasteiger partial charge on any atom is 0.244 e. The molecule has 0 saturated carbocycles. The number of aryl methyl sites for hydroxylation is 1. The number of anilines is 1. The van der Waals surface area contributed by atoms with Gasteiger partial charge in [-0.05, 0) is 53.8 Å². The molecule has 1 atom stereocenters. The molecule has 3 rings (SSSR count). The number of benzene rings is 3. The fourth-order valence-electron chi connectivity index (χ4n) is 4.53. The summed E-state index contributed by atoms with van der Waals surface area (Å²) in [5.41, 5.74) is 2.65. The maximum atomic E-state index is 14.3. The van der Waals surface area contributed by atoms with Gasteiger partial charge in [0.15, 0.2) is 0 Å². The highest BCUT2D eigenvalue weighted by molar-refractivity contribution is 7.92. The normalized spacial score (nSPS) is 12.0. The van der Waals surface area contributed by atoms with Crippen LogP contribution in [0.2, 0.25) is 0 Å². The topological polar surface area (TPSA) is 105 Å². The van der Waals surface area contributed by atoms with Crippen LogP contribution in [0.1, 0.15) is 30.5 Å². The molecular weight excluding hydrogens is 554 g/mol. The number of ether oxygens (including phenoxy) is 2. The molecule has 0 aromatic heterocycles. The second kappa shape index (κ2) is 14.7. The summed E-state index contributed by atoms with van der Waals surface area (Å²) in [6.07, 6.45) is 1.29. The highest BCUT2D eigenvalue weighted by Crippen LogP contribution is 2.31. The van der Waals surface area contributed by atoms with Crippen LogP contribution in [-0.4, -0.2) is 64.7 Å². The minimum Gasteiger partial charge on any atom is -0.497 e. The quantitative estimate of drug-likeness (QED) is 0.300. The second-order valence-corrected chi connectivity index (χ2v) is 12.6. The average molecular weight is 596 g/mol. The molecule has 2 amide bonds. The van der Waals surface area contributed by atoms with E-state index in [1.54, 1.807) is 37.4 Å². The summed E-state index contributed by atoms with van der Waals surface area (Å²) in [7, 11) is -0.921. The first-order valence-corrected chi connectivity index (χ1v) is 15.6. The summed E-state index contributed by atoms with van der Waals surface area (Å²) in [6, 6.07) is 20.9. The van der Waals surface area contributed by atoms with Gasteiger partial charge in [-0.1, -0.05) is 62.4 Å². The first-order valence-electron chi connectivity index (χ1n) is 13.8. The molecule has 0 aliphatic rings. The van der Waals surface area contributed by atoms with E-state index in [9.17, 15) is 18.0 Å². The highest BCUT2D eigenvalue weighted by atomic mass is 32.2. The molecule has 10 heteroatoms. The van der Waals surface area contributed by atoms with Crippen LogP contribution < -0.4 is 19.1 Å². The SMILES string of the molecule is COc1cccc(CN(C(=O)CN(c2cc(C)ccc2OC)S(C)(=O)=O)[C@@H](Cc2ccccc2)C(=O)NCC(C)C)c1. The van der Waals surface area contributed by atoms with E-state index in [0.29, 0.717) is 18.0 Å². The molecule has 0 saturated heterocycles. The van der Waals surface area contributed by atoms with Crippen molar-refractivity contribution in [2.45, 2.75) is 39.8 Å². The number of hydrogen-bond donors (Lipinski definition) is 1. The lowest BCUT2D eigenvalue weighted by molar-refractivity contribution is -0.140. The Morgan fingerprint density at radius 3 is 2.21 bits per heavy atom. The summed E-state index contributed by atoms with van der Waals surface area (Å²) >= 11 is 0. The number of nitrogens with zero attached hydrogens (tertiary/aromatic N) is 2. The van der Waals surface area contributed by atoms with Crippen molar-refractivity contribution in [2.75, 3.05) is 37.9 Å². The molecule has 3 aromatic rings. The predicted molar refractivity (Wildman–Crippen MR) is 165 cm³/mol. The first kappa shape index (κ1) is 32.5. The van der Waals surface area contributed by atoms with Crippen LogP contribution in [0.25, 0.3) is 0 Å². The molecule has 0 unspecified atom stereocenters. The Bertz CT molecular complexity index is 1460. The van der Waals surface area contributed by atoms with Crippen LogP contribution in [0.15, 0.2) is 72.8 Å². The minimum absolute atomic E-state index is 0.0607. The van der Waals surface area contributed by atoms with Crippen molar-refractivity contribution in [3.8, 4) is 11.5 Å². The number of rotatable bonds is 14. The van der Waals surface area contributed by atoms with Gasteiger partial charge in [0.2, 0.25) is 21.8 Å². The standard InChI is InChI=1S/C32H41N3O6S/c1-23(2)20-33-32(37)29(19-25-11-8-7-9-12-25)34(21-26-13-10-14-27(18-26)40-4)31(36)22-35(42(6,38)39)28-17-24(3)15-16-30(28)41-5/h7-18,23,29H,19-22H2,1-6H3,(H,33,37)/t29-/m0/s1. The molecule has 0 radical (unpaired) electrons. The molecule has 42 heavy (non-hydrogen) atoms. The molecule has 3 aromatic carbocycles. The molecule has 226 valence electrons. The van der Waals surface area contributed by atoms with Crippen molar-refractivity contribution in [1.29, 1.82) is 0 Å². The number of hydrogen-bond acceptors (Lipinski definition) is 6. The van der Waals surface area contributed by atoms with E-state index in [1.165, 1.54) is 12.0 Å². The average Bonchev–Trinajstić information content (AvgIpc) is 2.96. The van der Waals surface area contributed by atoms with Gasteiger partial charge in [0.25, 0.3) is 0 Å². The van der Waals surface area contributed by atoms with E-state index in [1.807, 2.05) is 63.2 Å². The van der Waals surface area contributed by atoms with Crippen molar-refractivity contribution in [3.05, 3.63) is 89.5 Å². The molecule has 0 heterocycles. The summed E-state index contributed by atoms with van der Waals surface area (Å²) in [4.78, 5) is 29.4. The third-order valence-corrected chi connectivity index (χ3v) is 7.85. The molecule has 0 aliphatic carbocycles. The second-order valence-electron chi connectivity index (χ2n) is 10.7. The van der Waals surface area contributed by atoms with Gasteiger partial charge in [-0.2, -0.15) is 0 Å². The van der Waals surface area contributed by atoms with Crippen LogP contribution in [0, 0.1) is 12.8 Å². The van der Waals surface area contributed by atoms with Crippen LogP contribution >= 0.6 is 0 Å². The van der Waals surface area contributed by atoms with Crippen molar-refractivity contribution in [1.82, 2.24) is 10.2 Å². The van der Waals surface area contributed by atoms with Crippen LogP contribution in [0.3, 0.4) is 0 Å². The Kier molecular flexibility index (Phi) is 11.4. The van der Waals surface area contributed by atoms with Crippen LogP contribution in [0.4, 0.5) is 5.69 Å². The third kappa shape index (κ3) is 8.97. The van der Waals surface area contributed by atoms with Gasteiger partial charge in [-0.15, -0.1) is 0 Å². The fraction of sp³-hybridized carbons (Fsp3) is 0.375. The summed E-state index contributed by atoms with van der Waals surface area (Å²) in [5.74, 6) is 0.262. The Morgan fingerprint density at radius 2 is 1.60 bits per heavy atom. The predicted octanol–water partition coefficient (Wildman–Crippen LogP) is 4.19. The number of amides is 2. The van der Waals surface area contributed by atoms with Gasteiger partial charge in [0.05, 0.1) is 26.2 Å². The minimum atomic E-state index is -3.92. The highest BCUT2D eigenvalue weighted by Gasteiger charge is 2.33. The summed E-state index contributed by atoms with van der Waals surface area (Å²) in [5, 5.41) is 2.98. The van der Waals surface area contributed by atoms with E-state index in [4.69, 9.17) is 9.47 Å². The van der Waals surface area contributed by atoms with E-state index in [-0.39, 0.29) is 30.5 Å². The molecular formula is C32H41N3O6S. The lowest BCUT2D eigenvalue weighted by Crippen LogP contribution is -2.53. The molecule has 0 bridgehead atoms. The number of sulfonamides is 1. The lowest BCUT2D eigenvalue weighted by Gasteiger charge is -2.34. The van der Waals surface area contributed by atoms with Crippen molar-refractivity contribution in [2.24, 2.45) is 5.92 Å². The van der Waals surface area contributed by atoms with Crippen LogP contribution in [-0.2, 0) is 32.6 Å². The van der Waals surface area contributed by atoms with E-state index in [0.717, 1.165) is 27.3 Å². The van der Waals surface area contributed by atoms with E-state index in [2.05, 4.69) is 5.32 Å². The molecule has 1 N–H and O–H groups in total. The summed E-state index contributed by atoms with van der Waals surface area (Å²) < 4.78 is 38.0. The Labute approximate surface area is 249 Å². The van der Waals surface area contributed by atoms with E-state index >= 15 is 0 Å². The number of methoxy groups -OCH3 is 2. The van der Waals surface area contributed by atoms with E-state index < -0.39 is 28.5 Å². The van der Waals surface area contributed by atoms with Crippen molar-refractivity contribution >= 4 is 27.5 Å². The monoisotopic (exact) mass is 595 g/mol. The van der Waals surface area contributed by atoms with Gasteiger partial charge in [0, 0.05) is 19.5 Å². The van der Waals surface area contributed by atoms with Crippen LogP contribution in [0.5, 0.6) is 11.5 Å². The summed E-state index contributed by atoms with van der Waals surface area (Å²) in [6.45, 7) is 5.78. The molecule has 0 spiro atoms. The zero-order valence-electron chi connectivity index (χ0n) is 25.2. The number of nitrogens with one attached hydrogen (secondary N) is 1. The first-order chi connectivity index (χ1) is 19.9. The molecule has 0 aliphatic heterocycles. The third-order valence-electron chi connectivity index (χ3n) is 6.72. The molecule has 0 fully saturated rings. The Balaban J connectivity index is 2.10. The fourth-order valence-corrected chi connectivity index (χ4v) is 5.38. The smallest absolute Gasteiger partial charge is 0.244 e. The van der Waals surface area contributed by atoms with Gasteiger partial charge in [0.1, 0.15) is 24.1 Å².